The van der Waals surface area contributed by atoms with E-state index in [-0.39, 0.29) is 0 Å². The molecule has 0 amide bonds. The molecule has 0 bridgehead atoms. The minimum Gasteiger partial charge on any atom is -0.493 e. The van der Waals surface area contributed by atoms with Crippen molar-refractivity contribution in [2.75, 3.05) is 6.61 Å². The van der Waals surface area contributed by atoms with Crippen LogP contribution in [0.4, 0.5) is 0 Å². The minimum absolute atomic E-state index is 0.582. The van der Waals surface area contributed by atoms with Gasteiger partial charge in [-0.2, -0.15) is 0 Å². The van der Waals surface area contributed by atoms with Crippen LogP contribution >= 0.6 is 15.9 Å². The third kappa shape index (κ3) is 3.17. The Morgan fingerprint density at radius 2 is 1.89 bits per heavy atom. The van der Waals surface area contributed by atoms with E-state index in [4.69, 9.17) is 4.74 Å². The lowest BCUT2D eigenvalue weighted by atomic mass is 9.99. The van der Waals surface area contributed by atoms with Gasteiger partial charge in [-0.1, -0.05) is 51.8 Å². The van der Waals surface area contributed by atoms with Crippen molar-refractivity contribution in [3.63, 3.8) is 0 Å². The summed E-state index contributed by atoms with van der Waals surface area (Å²) in [5, 5.41) is 10.6. The summed E-state index contributed by atoms with van der Waals surface area (Å²) in [5.41, 5.74) is 2.76. The Labute approximate surface area is 122 Å². The second kappa shape index (κ2) is 6.22. The maximum atomic E-state index is 10.6. The van der Waals surface area contributed by atoms with Crippen molar-refractivity contribution in [2.24, 2.45) is 0 Å². The second-order valence-electron chi connectivity index (χ2n) is 4.40. The predicted molar refractivity (Wildman–Crippen MR) is 80.6 cm³/mol. The van der Waals surface area contributed by atoms with Crippen molar-refractivity contribution in [3.8, 4) is 5.75 Å². The summed E-state index contributed by atoms with van der Waals surface area (Å²) in [6, 6.07) is 13.5. The van der Waals surface area contributed by atoms with Gasteiger partial charge in [-0.15, -0.1) is 0 Å². The van der Waals surface area contributed by atoms with Crippen LogP contribution in [0.3, 0.4) is 0 Å². The molecular weight excluding hydrogens is 304 g/mol. The highest BCUT2D eigenvalue weighted by Gasteiger charge is 2.17. The summed E-state index contributed by atoms with van der Waals surface area (Å²) >= 11 is 3.49. The topological polar surface area (TPSA) is 29.5 Å². The lowest BCUT2D eigenvalue weighted by Gasteiger charge is -2.17. The fourth-order valence-corrected chi connectivity index (χ4v) is 2.50. The molecule has 2 rings (SSSR count). The van der Waals surface area contributed by atoms with Crippen LogP contribution in [-0.4, -0.2) is 11.7 Å². The molecule has 1 unspecified atom stereocenters. The molecule has 0 saturated heterocycles. The highest BCUT2D eigenvalue weighted by molar-refractivity contribution is 9.10. The van der Waals surface area contributed by atoms with E-state index in [0.717, 1.165) is 26.9 Å². The van der Waals surface area contributed by atoms with Gasteiger partial charge in [0.2, 0.25) is 0 Å². The first-order valence-corrected chi connectivity index (χ1v) is 7.08. The van der Waals surface area contributed by atoms with Gasteiger partial charge in [-0.05, 0) is 31.5 Å². The van der Waals surface area contributed by atoms with Gasteiger partial charge in [0.1, 0.15) is 11.9 Å². The molecule has 0 aliphatic heterocycles. The Balaban J connectivity index is 2.43. The van der Waals surface area contributed by atoms with E-state index in [1.165, 1.54) is 0 Å². The highest BCUT2D eigenvalue weighted by atomic mass is 79.9. The molecule has 0 aromatic heterocycles. The van der Waals surface area contributed by atoms with Gasteiger partial charge in [-0.3, -0.25) is 0 Å². The number of aryl methyl sites for hydroxylation is 1. The summed E-state index contributed by atoms with van der Waals surface area (Å²) in [6.45, 7) is 4.53. The van der Waals surface area contributed by atoms with E-state index in [1.807, 2.05) is 56.3 Å². The van der Waals surface area contributed by atoms with Gasteiger partial charge in [-0.25, -0.2) is 0 Å². The summed E-state index contributed by atoms with van der Waals surface area (Å²) < 4.78 is 6.47. The van der Waals surface area contributed by atoms with Crippen LogP contribution in [-0.2, 0) is 0 Å². The number of benzene rings is 2. The quantitative estimate of drug-likeness (QED) is 0.913. The monoisotopic (exact) mass is 320 g/mol. The average molecular weight is 321 g/mol. The zero-order valence-electron chi connectivity index (χ0n) is 11.1. The maximum absolute atomic E-state index is 10.6. The Morgan fingerprint density at radius 1 is 1.16 bits per heavy atom. The Hall–Kier alpha value is -1.32. The smallest absolute Gasteiger partial charge is 0.125 e. The lowest BCUT2D eigenvalue weighted by Crippen LogP contribution is -2.05. The van der Waals surface area contributed by atoms with Gasteiger partial charge in [0.05, 0.1) is 6.61 Å². The van der Waals surface area contributed by atoms with E-state index in [0.29, 0.717) is 6.61 Å². The third-order valence-corrected chi connectivity index (χ3v) is 3.68. The number of rotatable bonds is 4. The Morgan fingerprint density at radius 3 is 2.63 bits per heavy atom. The Bertz CT molecular complexity index is 566. The second-order valence-corrected chi connectivity index (χ2v) is 5.25. The molecule has 0 fully saturated rings. The van der Waals surface area contributed by atoms with Gasteiger partial charge in [0.15, 0.2) is 0 Å². The lowest BCUT2D eigenvalue weighted by molar-refractivity contribution is 0.211. The number of hydrogen-bond acceptors (Lipinski definition) is 2. The molecular formula is C16H17BrO2. The van der Waals surface area contributed by atoms with Gasteiger partial charge in [0.25, 0.3) is 0 Å². The van der Waals surface area contributed by atoms with E-state index in [2.05, 4.69) is 15.9 Å². The van der Waals surface area contributed by atoms with E-state index in [9.17, 15) is 5.11 Å². The molecule has 0 saturated carbocycles. The fourth-order valence-electron chi connectivity index (χ4n) is 2.03. The number of halogens is 1. The third-order valence-electron chi connectivity index (χ3n) is 2.96. The van der Waals surface area contributed by atoms with Crippen molar-refractivity contribution in [3.05, 3.63) is 63.6 Å². The highest BCUT2D eigenvalue weighted by Crippen LogP contribution is 2.34. The molecule has 2 nitrogen and oxygen atoms in total. The number of aliphatic hydroxyl groups excluding tert-OH is 1. The molecule has 2 aromatic rings. The number of para-hydroxylation sites is 1. The normalized spacial score (nSPS) is 12.2. The summed E-state index contributed by atoms with van der Waals surface area (Å²) in [4.78, 5) is 0. The van der Waals surface area contributed by atoms with Crippen LogP contribution < -0.4 is 4.74 Å². The number of hydrogen-bond donors (Lipinski definition) is 1. The van der Waals surface area contributed by atoms with Gasteiger partial charge in [0, 0.05) is 10.0 Å². The van der Waals surface area contributed by atoms with E-state index >= 15 is 0 Å². The number of aliphatic hydroxyl groups is 1. The van der Waals surface area contributed by atoms with Crippen molar-refractivity contribution in [2.45, 2.75) is 20.0 Å². The molecule has 1 atom stereocenters. The van der Waals surface area contributed by atoms with Crippen molar-refractivity contribution in [1.82, 2.24) is 0 Å². The molecule has 0 spiro atoms. The standard InChI is InChI=1S/C16H17BrO2/c1-3-19-15-7-5-4-6-12(15)16(18)13-10-11(2)8-9-14(13)17/h4-10,16,18H,3H2,1-2H3. The van der Waals surface area contributed by atoms with Crippen molar-refractivity contribution in [1.29, 1.82) is 0 Å². The van der Waals surface area contributed by atoms with E-state index in [1.54, 1.807) is 0 Å². The molecule has 2 aromatic carbocycles. The molecule has 0 radical (unpaired) electrons. The number of ether oxygens (including phenoxy) is 1. The van der Waals surface area contributed by atoms with Crippen LogP contribution in [0.2, 0.25) is 0 Å². The molecule has 0 aliphatic rings. The Kier molecular flexibility index (Phi) is 4.61. The zero-order chi connectivity index (χ0) is 13.8. The SMILES string of the molecule is CCOc1ccccc1C(O)c1cc(C)ccc1Br. The minimum atomic E-state index is -0.697. The average Bonchev–Trinajstić information content (AvgIpc) is 2.42. The molecule has 3 heteroatoms. The summed E-state index contributed by atoms with van der Waals surface area (Å²) in [7, 11) is 0. The first kappa shape index (κ1) is 14.1. The molecule has 19 heavy (non-hydrogen) atoms. The molecule has 0 heterocycles. The zero-order valence-corrected chi connectivity index (χ0v) is 12.6. The summed E-state index contributed by atoms with van der Waals surface area (Å²) in [5.74, 6) is 0.728. The van der Waals surface area contributed by atoms with Crippen molar-refractivity contribution >= 4 is 15.9 Å². The van der Waals surface area contributed by atoms with Gasteiger partial charge >= 0.3 is 0 Å². The largest absolute Gasteiger partial charge is 0.493 e. The molecule has 100 valence electrons. The van der Waals surface area contributed by atoms with Crippen LogP contribution in [0.1, 0.15) is 29.7 Å². The van der Waals surface area contributed by atoms with Crippen LogP contribution in [0.15, 0.2) is 46.9 Å². The first-order valence-electron chi connectivity index (χ1n) is 6.29. The summed E-state index contributed by atoms with van der Waals surface area (Å²) in [6.07, 6.45) is -0.697. The van der Waals surface area contributed by atoms with Crippen LogP contribution in [0.25, 0.3) is 0 Å². The van der Waals surface area contributed by atoms with E-state index < -0.39 is 6.10 Å². The predicted octanol–water partition coefficient (Wildman–Crippen LogP) is 4.24. The van der Waals surface area contributed by atoms with Crippen LogP contribution in [0, 0.1) is 6.92 Å². The first-order chi connectivity index (χ1) is 9.13. The maximum Gasteiger partial charge on any atom is 0.125 e. The van der Waals surface area contributed by atoms with Crippen LogP contribution in [0.5, 0.6) is 5.75 Å². The van der Waals surface area contributed by atoms with Crippen molar-refractivity contribution < 1.29 is 9.84 Å². The fraction of sp³-hybridized carbons (Fsp3) is 0.250. The molecule has 1 N–H and O–H groups in total. The molecule has 0 aliphatic carbocycles. The van der Waals surface area contributed by atoms with Gasteiger partial charge < -0.3 is 9.84 Å².